The van der Waals surface area contributed by atoms with E-state index in [-0.39, 0.29) is 19.1 Å². The highest BCUT2D eigenvalue weighted by atomic mass is 16.3. The number of aromatic nitrogens is 6. The van der Waals surface area contributed by atoms with Gasteiger partial charge in [0.2, 0.25) is 0 Å². The van der Waals surface area contributed by atoms with Crippen LogP contribution in [0.3, 0.4) is 0 Å². The minimum absolute atomic E-state index is 0.123. The zero-order chi connectivity index (χ0) is 17.8. The molecule has 0 aliphatic rings. The van der Waals surface area contributed by atoms with Crippen LogP contribution in [-0.4, -0.2) is 58.8 Å². The van der Waals surface area contributed by atoms with Crippen LogP contribution >= 0.6 is 0 Å². The number of benzene rings is 1. The van der Waals surface area contributed by atoms with Crippen LogP contribution in [0.25, 0.3) is 5.69 Å². The lowest BCUT2D eigenvalue weighted by Gasteiger charge is -2.21. The van der Waals surface area contributed by atoms with Gasteiger partial charge in [-0.3, -0.25) is 4.79 Å². The van der Waals surface area contributed by atoms with E-state index < -0.39 is 0 Å². The molecule has 0 fully saturated rings. The van der Waals surface area contributed by atoms with Crippen molar-refractivity contribution >= 4 is 5.91 Å². The van der Waals surface area contributed by atoms with Crippen molar-refractivity contribution in [2.75, 3.05) is 13.2 Å². The fourth-order valence-corrected chi connectivity index (χ4v) is 2.52. The van der Waals surface area contributed by atoms with Crippen molar-refractivity contribution in [3.8, 4) is 5.69 Å². The number of aliphatic hydroxyl groups excluding tert-OH is 1. The largest absolute Gasteiger partial charge is 0.395 e. The Hall–Kier alpha value is -3.07. The highest BCUT2D eigenvalue weighted by Gasteiger charge is 2.18. The van der Waals surface area contributed by atoms with Gasteiger partial charge in [-0.1, -0.05) is 6.07 Å². The molecule has 1 N–H and O–H groups in total. The summed E-state index contributed by atoms with van der Waals surface area (Å²) in [4.78, 5) is 18.7. The first-order valence-corrected chi connectivity index (χ1v) is 7.82. The molecule has 1 aromatic carbocycles. The van der Waals surface area contributed by atoms with Gasteiger partial charge in [-0.05, 0) is 35.5 Å². The number of hydrogen-bond donors (Lipinski definition) is 1. The summed E-state index contributed by atoms with van der Waals surface area (Å²) >= 11 is 0. The van der Waals surface area contributed by atoms with Crippen LogP contribution in [-0.2, 0) is 13.6 Å². The molecule has 0 saturated carbocycles. The second-order valence-corrected chi connectivity index (χ2v) is 5.59. The fraction of sp³-hybridized carbons (Fsp3) is 0.312. The molecule has 3 rings (SSSR count). The molecule has 2 heterocycles. The molecule has 0 saturated heterocycles. The normalized spacial score (nSPS) is 10.8. The first kappa shape index (κ1) is 16.8. The number of aryl methyl sites for hydroxylation is 2. The Morgan fingerprint density at radius 2 is 2.20 bits per heavy atom. The Kier molecular flexibility index (Phi) is 4.85. The quantitative estimate of drug-likeness (QED) is 0.694. The lowest BCUT2D eigenvalue weighted by molar-refractivity contribution is 0.0701. The predicted octanol–water partition coefficient (Wildman–Crippen LogP) is 0.339. The summed E-state index contributed by atoms with van der Waals surface area (Å²) in [5.74, 6) is 1.18. The van der Waals surface area contributed by atoms with E-state index in [0.717, 1.165) is 5.82 Å². The molecule has 0 bridgehead atoms. The topological polar surface area (TPSA) is 102 Å². The minimum atomic E-state index is -0.190. The van der Waals surface area contributed by atoms with Crippen molar-refractivity contribution in [2.24, 2.45) is 7.05 Å². The third-order valence-electron chi connectivity index (χ3n) is 3.87. The van der Waals surface area contributed by atoms with Crippen molar-refractivity contribution in [3.63, 3.8) is 0 Å². The number of imidazole rings is 1. The molecule has 0 unspecified atom stereocenters. The Morgan fingerprint density at radius 3 is 2.84 bits per heavy atom. The summed E-state index contributed by atoms with van der Waals surface area (Å²) in [6.07, 6.45) is 3.50. The first-order valence-electron chi connectivity index (χ1n) is 7.82. The van der Waals surface area contributed by atoms with E-state index in [1.54, 1.807) is 40.9 Å². The number of amides is 1. The number of carbonyl (C=O) groups excluding carboxylic acids is 1. The zero-order valence-corrected chi connectivity index (χ0v) is 14.1. The molecule has 2 aromatic heterocycles. The van der Waals surface area contributed by atoms with Crippen LogP contribution < -0.4 is 0 Å². The van der Waals surface area contributed by atoms with Gasteiger partial charge in [0.15, 0.2) is 5.82 Å². The van der Waals surface area contributed by atoms with Gasteiger partial charge in [-0.2, -0.15) is 4.68 Å². The van der Waals surface area contributed by atoms with Gasteiger partial charge in [-0.25, -0.2) is 4.98 Å². The summed E-state index contributed by atoms with van der Waals surface area (Å²) in [6, 6.07) is 7.07. The molecule has 9 nitrogen and oxygen atoms in total. The molecule has 25 heavy (non-hydrogen) atoms. The monoisotopic (exact) mass is 341 g/mol. The number of hydrogen-bond acceptors (Lipinski definition) is 6. The molecule has 3 aromatic rings. The Balaban J connectivity index is 1.87. The van der Waals surface area contributed by atoms with Crippen LogP contribution in [0.2, 0.25) is 0 Å². The lowest BCUT2D eigenvalue weighted by Crippen LogP contribution is -2.34. The van der Waals surface area contributed by atoms with E-state index in [2.05, 4.69) is 20.5 Å². The first-order chi connectivity index (χ1) is 12.1. The minimum Gasteiger partial charge on any atom is -0.395 e. The van der Waals surface area contributed by atoms with Gasteiger partial charge in [-0.15, -0.1) is 5.10 Å². The van der Waals surface area contributed by atoms with Crippen LogP contribution in [0.5, 0.6) is 0 Å². The van der Waals surface area contributed by atoms with E-state index in [0.29, 0.717) is 23.6 Å². The number of aliphatic hydroxyl groups is 1. The standard InChI is InChI=1S/C16H19N7O2/c1-12-18-19-20-23(12)14-5-3-4-13(10-14)16(25)22(8-9-24)11-15-17-6-7-21(15)2/h3-7,10,24H,8-9,11H2,1-2H3. The van der Waals surface area contributed by atoms with Gasteiger partial charge in [0.25, 0.3) is 5.91 Å². The summed E-state index contributed by atoms with van der Waals surface area (Å²) in [5.41, 5.74) is 1.20. The zero-order valence-electron chi connectivity index (χ0n) is 14.1. The third-order valence-corrected chi connectivity index (χ3v) is 3.87. The lowest BCUT2D eigenvalue weighted by atomic mass is 10.1. The van der Waals surface area contributed by atoms with Gasteiger partial charge < -0.3 is 14.6 Å². The molecule has 0 atom stereocenters. The SMILES string of the molecule is Cc1nnnn1-c1cccc(C(=O)N(CCO)Cc2nccn2C)c1. The molecule has 0 radical (unpaired) electrons. The molecule has 9 heteroatoms. The second-order valence-electron chi connectivity index (χ2n) is 5.59. The molecule has 130 valence electrons. The van der Waals surface area contributed by atoms with E-state index >= 15 is 0 Å². The van der Waals surface area contributed by atoms with Gasteiger partial charge in [0, 0.05) is 31.5 Å². The van der Waals surface area contributed by atoms with Crippen LogP contribution in [0.15, 0.2) is 36.7 Å². The summed E-state index contributed by atoms with van der Waals surface area (Å²) in [6.45, 7) is 2.20. The highest BCUT2D eigenvalue weighted by Crippen LogP contribution is 2.14. The fourth-order valence-electron chi connectivity index (χ4n) is 2.52. The van der Waals surface area contributed by atoms with Gasteiger partial charge in [0.05, 0.1) is 18.8 Å². The maximum atomic E-state index is 12.9. The van der Waals surface area contributed by atoms with Crippen LogP contribution in [0.4, 0.5) is 0 Å². The van der Waals surface area contributed by atoms with E-state index in [4.69, 9.17) is 0 Å². The van der Waals surface area contributed by atoms with Crippen molar-refractivity contribution in [1.82, 2.24) is 34.7 Å². The van der Waals surface area contributed by atoms with Crippen molar-refractivity contribution < 1.29 is 9.90 Å². The number of rotatable bonds is 6. The number of carbonyl (C=O) groups is 1. The summed E-state index contributed by atoms with van der Waals surface area (Å²) in [5, 5.41) is 20.7. The molecule has 1 amide bonds. The van der Waals surface area contributed by atoms with E-state index in [1.165, 1.54) is 0 Å². The maximum Gasteiger partial charge on any atom is 0.254 e. The third kappa shape index (κ3) is 3.56. The highest BCUT2D eigenvalue weighted by molar-refractivity contribution is 5.94. The van der Waals surface area contributed by atoms with E-state index in [1.807, 2.05) is 23.9 Å². The molecule has 0 aliphatic heterocycles. The van der Waals surface area contributed by atoms with Crippen molar-refractivity contribution in [1.29, 1.82) is 0 Å². The smallest absolute Gasteiger partial charge is 0.254 e. The van der Waals surface area contributed by atoms with Crippen molar-refractivity contribution in [2.45, 2.75) is 13.5 Å². The van der Waals surface area contributed by atoms with E-state index in [9.17, 15) is 9.90 Å². The molecular formula is C16H19N7O2. The van der Waals surface area contributed by atoms with Crippen LogP contribution in [0.1, 0.15) is 22.0 Å². The maximum absolute atomic E-state index is 12.9. The summed E-state index contributed by atoms with van der Waals surface area (Å²) in [7, 11) is 1.87. The average molecular weight is 341 g/mol. The Labute approximate surface area is 144 Å². The Bertz CT molecular complexity index is 871. The second kappa shape index (κ2) is 7.22. The van der Waals surface area contributed by atoms with Gasteiger partial charge >= 0.3 is 0 Å². The molecular weight excluding hydrogens is 322 g/mol. The van der Waals surface area contributed by atoms with Crippen LogP contribution in [0, 0.1) is 6.92 Å². The molecule has 0 spiro atoms. The average Bonchev–Trinajstić information content (AvgIpc) is 3.22. The van der Waals surface area contributed by atoms with Crippen molar-refractivity contribution in [3.05, 3.63) is 53.9 Å². The molecule has 0 aliphatic carbocycles. The summed E-state index contributed by atoms with van der Waals surface area (Å²) < 4.78 is 3.41. The predicted molar refractivity (Wildman–Crippen MR) is 88.9 cm³/mol. The van der Waals surface area contributed by atoms with Gasteiger partial charge in [0.1, 0.15) is 5.82 Å². The number of tetrazole rings is 1. The Morgan fingerprint density at radius 1 is 1.36 bits per heavy atom. The number of nitrogens with zero attached hydrogens (tertiary/aromatic N) is 7.